The molecule has 2 aromatic carbocycles. The normalized spacial score (nSPS) is 17.6. The smallest absolute Gasteiger partial charge is 0.309 e. The molecule has 1 atom stereocenters. The van der Waals surface area contributed by atoms with Crippen molar-refractivity contribution < 1.29 is 13.7 Å². The minimum Gasteiger partial charge on any atom is -0.469 e. The number of methoxy groups -OCH3 is 1. The van der Waals surface area contributed by atoms with E-state index in [0.29, 0.717) is 28.3 Å². The zero-order chi connectivity index (χ0) is 23.7. The quantitative estimate of drug-likeness (QED) is 0.511. The number of carbonyl (C=O) groups is 1. The second-order valence-electron chi connectivity index (χ2n) is 8.53. The van der Waals surface area contributed by atoms with E-state index >= 15 is 0 Å². The number of ether oxygens (including phenoxy) is 1. The van der Waals surface area contributed by atoms with Crippen LogP contribution in [0, 0.1) is 0 Å². The van der Waals surface area contributed by atoms with Crippen molar-refractivity contribution in [3.8, 4) is 0 Å². The molecule has 7 nitrogen and oxygen atoms in total. The van der Waals surface area contributed by atoms with Crippen molar-refractivity contribution in [2.24, 2.45) is 0 Å². The molecular weight excluding hydrogens is 472 g/mol. The summed E-state index contributed by atoms with van der Waals surface area (Å²) >= 11 is 6.02. The van der Waals surface area contributed by atoms with Crippen molar-refractivity contribution in [1.29, 1.82) is 0 Å². The van der Waals surface area contributed by atoms with Crippen LogP contribution in [-0.2, 0) is 33.2 Å². The minimum atomic E-state index is -1.14. The van der Waals surface area contributed by atoms with Gasteiger partial charge in [-0.3, -0.25) is 9.00 Å². The Hall–Kier alpha value is -2.97. The summed E-state index contributed by atoms with van der Waals surface area (Å²) < 4.78 is 17.6. The summed E-state index contributed by atoms with van der Waals surface area (Å²) in [5.74, 6) is 1.99. The molecule has 0 amide bonds. The van der Waals surface area contributed by atoms with Crippen molar-refractivity contribution in [3.63, 3.8) is 0 Å². The van der Waals surface area contributed by atoms with Crippen LogP contribution in [0.2, 0.25) is 5.02 Å². The SMILES string of the molecule is COC(=O)Cc1ccc(Nc2nc(N3CC(c4ccc(Cl)cc4)C3)nc3c2[S@@](=O)CCC3)cc1. The lowest BCUT2D eigenvalue weighted by atomic mass is 9.92. The number of carbonyl (C=O) groups excluding carboxylic acids is 1. The predicted molar refractivity (Wildman–Crippen MR) is 133 cm³/mol. The molecule has 2 aliphatic rings. The number of aromatic nitrogens is 2. The van der Waals surface area contributed by atoms with Gasteiger partial charge in [-0.05, 0) is 48.2 Å². The molecule has 3 aromatic rings. The molecule has 0 bridgehead atoms. The summed E-state index contributed by atoms with van der Waals surface area (Å²) in [6.45, 7) is 1.65. The van der Waals surface area contributed by atoms with Crippen LogP contribution < -0.4 is 10.2 Å². The maximum absolute atomic E-state index is 12.8. The predicted octanol–water partition coefficient (Wildman–Crippen LogP) is 4.25. The van der Waals surface area contributed by atoms with E-state index in [2.05, 4.69) is 22.3 Å². The number of fused-ring (bicyclic) bond motifs is 1. The Balaban J connectivity index is 1.37. The van der Waals surface area contributed by atoms with Crippen molar-refractivity contribution >= 4 is 45.8 Å². The van der Waals surface area contributed by atoms with Crippen LogP contribution in [0.3, 0.4) is 0 Å². The Morgan fingerprint density at radius 3 is 2.59 bits per heavy atom. The third-order valence-electron chi connectivity index (χ3n) is 6.19. The number of benzene rings is 2. The van der Waals surface area contributed by atoms with E-state index in [1.807, 2.05) is 36.4 Å². The Kier molecular flexibility index (Phi) is 6.52. The van der Waals surface area contributed by atoms with Gasteiger partial charge < -0.3 is 15.0 Å². The van der Waals surface area contributed by atoms with E-state index in [4.69, 9.17) is 26.3 Å². The van der Waals surface area contributed by atoms with Crippen molar-refractivity contribution in [2.75, 3.05) is 36.2 Å². The first kappa shape index (κ1) is 22.8. The number of hydrogen-bond acceptors (Lipinski definition) is 7. The first-order valence-corrected chi connectivity index (χ1v) is 12.9. The van der Waals surface area contributed by atoms with Crippen LogP contribution in [-0.4, -0.2) is 46.1 Å². The Morgan fingerprint density at radius 1 is 1.15 bits per heavy atom. The highest BCUT2D eigenvalue weighted by atomic mass is 35.5. The van der Waals surface area contributed by atoms with Crippen LogP contribution in [0.1, 0.15) is 29.2 Å². The van der Waals surface area contributed by atoms with Gasteiger partial charge in [-0.25, -0.2) is 4.98 Å². The molecule has 0 unspecified atom stereocenters. The van der Waals surface area contributed by atoms with Gasteiger partial charge >= 0.3 is 5.97 Å². The molecule has 176 valence electrons. The Morgan fingerprint density at radius 2 is 1.88 bits per heavy atom. The van der Waals surface area contributed by atoms with Crippen LogP contribution in [0.5, 0.6) is 0 Å². The van der Waals surface area contributed by atoms with E-state index in [1.54, 1.807) is 0 Å². The summed E-state index contributed by atoms with van der Waals surface area (Å²) in [6.07, 6.45) is 1.86. The fraction of sp³-hybridized carbons (Fsp3) is 0.320. The molecule has 5 rings (SSSR count). The summed E-state index contributed by atoms with van der Waals surface area (Å²) in [5, 5.41) is 4.08. The number of halogens is 1. The zero-order valence-corrected chi connectivity index (χ0v) is 20.4. The number of nitrogens with zero attached hydrogens (tertiary/aromatic N) is 3. The molecular formula is C25H25ClN4O3S. The van der Waals surface area contributed by atoms with Gasteiger partial charge in [0.1, 0.15) is 4.90 Å². The second kappa shape index (κ2) is 9.72. The highest BCUT2D eigenvalue weighted by Gasteiger charge is 2.32. The first-order valence-electron chi connectivity index (χ1n) is 11.2. The molecule has 0 saturated carbocycles. The third kappa shape index (κ3) is 4.79. The molecule has 9 heteroatoms. The van der Waals surface area contributed by atoms with Gasteiger partial charge in [0.15, 0.2) is 5.82 Å². The van der Waals surface area contributed by atoms with E-state index in [9.17, 15) is 9.00 Å². The van der Waals surface area contributed by atoms with E-state index in [1.165, 1.54) is 12.7 Å². The molecule has 34 heavy (non-hydrogen) atoms. The number of nitrogens with one attached hydrogen (secondary N) is 1. The van der Waals surface area contributed by atoms with E-state index in [0.717, 1.165) is 47.9 Å². The molecule has 1 fully saturated rings. The summed E-state index contributed by atoms with van der Waals surface area (Å²) in [6, 6.07) is 15.5. The summed E-state index contributed by atoms with van der Waals surface area (Å²) in [7, 11) is 0.241. The van der Waals surface area contributed by atoms with Gasteiger partial charge in [0, 0.05) is 35.5 Å². The monoisotopic (exact) mass is 496 g/mol. The summed E-state index contributed by atoms with van der Waals surface area (Å²) in [5.41, 5.74) is 3.78. The second-order valence-corrected chi connectivity index (χ2v) is 10.5. The van der Waals surface area contributed by atoms with Crippen molar-refractivity contribution in [2.45, 2.75) is 30.1 Å². The van der Waals surface area contributed by atoms with Gasteiger partial charge in [0.2, 0.25) is 5.95 Å². The summed E-state index contributed by atoms with van der Waals surface area (Å²) in [4.78, 5) is 24.0. The van der Waals surface area contributed by atoms with Gasteiger partial charge in [-0.2, -0.15) is 4.98 Å². The molecule has 1 N–H and O–H groups in total. The first-order chi connectivity index (χ1) is 16.5. The average Bonchev–Trinajstić information content (AvgIpc) is 2.80. The molecule has 1 aromatic heterocycles. The lowest BCUT2D eigenvalue weighted by molar-refractivity contribution is -0.139. The fourth-order valence-corrected chi connectivity index (χ4v) is 5.72. The van der Waals surface area contributed by atoms with Gasteiger partial charge in [0.25, 0.3) is 0 Å². The lowest BCUT2D eigenvalue weighted by Crippen LogP contribution is -2.46. The lowest BCUT2D eigenvalue weighted by Gasteiger charge is -2.40. The number of rotatable bonds is 6. The largest absolute Gasteiger partial charge is 0.469 e. The van der Waals surface area contributed by atoms with Crippen LogP contribution >= 0.6 is 11.6 Å². The van der Waals surface area contributed by atoms with Gasteiger partial charge in [-0.15, -0.1) is 0 Å². The van der Waals surface area contributed by atoms with Gasteiger partial charge in [0.05, 0.1) is 30.0 Å². The topological polar surface area (TPSA) is 84.4 Å². The number of esters is 1. The minimum absolute atomic E-state index is 0.220. The number of anilines is 3. The van der Waals surface area contributed by atoms with Crippen molar-refractivity contribution in [3.05, 3.63) is 70.4 Å². The maximum atomic E-state index is 12.8. The van der Waals surface area contributed by atoms with E-state index < -0.39 is 10.8 Å². The maximum Gasteiger partial charge on any atom is 0.309 e. The molecule has 3 heterocycles. The standard InChI is InChI=1S/C25H25ClN4O3S/c1-33-22(31)13-16-4-10-20(11-5-16)27-24-23-21(3-2-12-34(23)32)28-25(29-24)30-14-18(15-30)17-6-8-19(26)9-7-17/h4-11,18H,2-3,12-15H2,1H3,(H,27,28,29)/t34-/m0/s1. The molecule has 0 spiro atoms. The van der Waals surface area contributed by atoms with Crippen molar-refractivity contribution in [1.82, 2.24) is 9.97 Å². The fourth-order valence-electron chi connectivity index (χ4n) is 4.26. The number of aryl methyl sites for hydroxylation is 1. The Bertz CT molecular complexity index is 1230. The molecule has 1 saturated heterocycles. The van der Waals surface area contributed by atoms with Crippen LogP contribution in [0.25, 0.3) is 0 Å². The number of hydrogen-bond donors (Lipinski definition) is 1. The zero-order valence-electron chi connectivity index (χ0n) is 18.8. The van der Waals surface area contributed by atoms with Gasteiger partial charge in [-0.1, -0.05) is 35.9 Å². The molecule has 0 aliphatic carbocycles. The van der Waals surface area contributed by atoms with Crippen LogP contribution in [0.4, 0.5) is 17.5 Å². The average molecular weight is 497 g/mol. The Labute approximate surface area is 206 Å². The highest BCUT2D eigenvalue weighted by Crippen LogP contribution is 2.35. The third-order valence-corrected chi connectivity index (χ3v) is 7.99. The van der Waals surface area contributed by atoms with Crippen LogP contribution in [0.15, 0.2) is 53.4 Å². The molecule has 2 aliphatic heterocycles. The van der Waals surface area contributed by atoms with E-state index in [-0.39, 0.29) is 12.4 Å². The molecule has 0 radical (unpaired) electrons. The highest BCUT2D eigenvalue weighted by molar-refractivity contribution is 7.85.